The highest BCUT2D eigenvalue weighted by atomic mass is 16.3. The van der Waals surface area contributed by atoms with Crippen LogP contribution >= 0.6 is 0 Å². The predicted octanol–water partition coefficient (Wildman–Crippen LogP) is 1.93. The lowest BCUT2D eigenvalue weighted by Crippen LogP contribution is -2.37. The first-order chi connectivity index (χ1) is 9.69. The maximum Gasteiger partial charge on any atom is 0.251 e. The Hall–Kier alpha value is -2.62. The number of rotatable bonds is 5. The molecule has 0 unspecified atom stereocenters. The van der Waals surface area contributed by atoms with E-state index in [0.29, 0.717) is 12.0 Å². The average molecular weight is 269 g/mol. The molecule has 20 heavy (non-hydrogen) atoms. The van der Waals surface area contributed by atoms with E-state index in [1.165, 1.54) is 24.3 Å². The molecule has 0 fully saturated rings. The number of hydrogen-bond acceptors (Lipinski definition) is 3. The van der Waals surface area contributed by atoms with Gasteiger partial charge in [0.2, 0.25) is 0 Å². The molecule has 4 heteroatoms. The van der Waals surface area contributed by atoms with Gasteiger partial charge in [0.1, 0.15) is 12.0 Å². The quantitative estimate of drug-likeness (QED) is 0.815. The van der Waals surface area contributed by atoms with E-state index in [1.807, 2.05) is 30.3 Å². The van der Waals surface area contributed by atoms with Crippen molar-refractivity contribution in [1.29, 1.82) is 0 Å². The van der Waals surface area contributed by atoms with Crippen LogP contribution in [-0.2, 0) is 11.2 Å². The van der Waals surface area contributed by atoms with Gasteiger partial charge in [0, 0.05) is 5.56 Å². The molecule has 2 rings (SSSR count). The van der Waals surface area contributed by atoms with Gasteiger partial charge >= 0.3 is 0 Å². The van der Waals surface area contributed by atoms with Gasteiger partial charge in [-0.3, -0.25) is 4.79 Å². The van der Waals surface area contributed by atoms with Gasteiger partial charge in [-0.1, -0.05) is 30.3 Å². The summed E-state index contributed by atoms with van der Waals surface area (Å²) in [6.07, 6.45) is 1.18. The summed E-state index contributed by atoms with van der Waals surface area (Å²) in [6, 6.07) is 14.8. The van der Waals surface area contributed by atoms with Crippen LogP contribution in [0, 0.1) is 0 Å². The zero-order valence-electron chi connectivity index (χ0n) is 10.8. The van der Waals surface area contributed by atoms with Gasteiger partial charge in [-0.15, -0.1) is 0 Å². The van der Waals surface area contributed by atoms with Crippen molar-refractivity contribution in [3.63, 3.8) is 0 Å². The third-order valence-corrected chi connectivity index (χ3v) is 2.91. The van der Waals surface area contributed by atoms with Crippen molar-refractivity contribution in [3.05, 3.63) is 65.7 Å². The minimum atomic E-state index is -0.571. The molecule has 4 nitrogen and oxygen atoms in total. The van der Waals surface area contributed by atoms with E-state index in [1.54, 1.807) is 0 Å². The zero-order chi connectivity index (χ0) is 14.4. The topological polar surface area (TPSA) is 66.4 Å². The van der Waals surface area contributed by atoms with Crippen LogP contribution < -0.4 is 5.32 Å². The van der Waals surface area contributed by atoms with E-state index in [0.717, 1.165) is 11.8 Å². The molecule has 102 valence electrons. The monoisotopic (exact) mass is 269 g/mol. The lowest BCUT2D eigenvalue weighted by atomic mass is 10.1. The van der Waals surface area contributed by atoms with Crippen LogP contribution in [0.5, 0.6) is 5.75 Å². The molecule has 0 saturated heterocycles. The van der Waals surface area contributed by atoms with Gasteiger partial charge in [-0.2, -0.15) is 0 Å². The number of carbonyl (C=O) groups is 2. The van der Waals surface area contributed by atoms with Crippen LogP contribution in [0.2, 0.25) is 0 Å². The molecular weight excluding hydrogens is 254 g/mol. The predicted molar refractivity (Wildman–Crippen MR) is 75.6 cm³/mol. The second-order valence-electron chi connectivity index (χ2n) is 4.45. The number of carbonyl (C=O) groups excluding carboxylic acids is 2. The van der Waals surface area contributed by atoms with Crippen LogP contribution in [0.15, 0.2) is 54.6 Å². The second kappa shape index (κ2) is 6.52. The number of aldehydes is 1. The van der Waals surface area contributed by atoms with E-state index >= 15 is 0 Å². The highest BCUT2D eigenvalue weighted by Crippen LogP contribution is 2.10. The van der Waals surface area contributed by atoms with Crippen LogP contribution in [0.25, 0.3) is 0 Å². The third kappa shape index (κ3) is 3.68. The lowest BCUT2D eigenvalue weighted by molar-refractivity contribution is -0.109. The Kier molecular flexibility index (Phi) is 4.50. The third-order valence-electron chi connectivity index (χ3n) is 2.91. The Morgan fingerprint density at radius 3 is 2.35 bits per heavy atom. The number of aromatic hydroxyl groups is 1. The fourth-order valence-corrected chi connectivity index (χ4v) is 1.87. The Labute approximate surface area is 117 Å². The molecule has 0 aliphatic rings. The number of phenolic OH excluding ortho intramolecular Hbond substituents is 1. The summed E-state index contributed by atoms with van der Waals surface area (Å²) >= 11 is 0. The van der Waals surface area contributed by atoms with E-state index in [-0.39, 0.29) is 11.7 Å². The summed E-state index contributed by atoms with van der Waals surface area (Å²) in [5.41, 5.74) is 1.39. The molecule has 0 radical (unpaired) electrons. The van der Waals surface area contributed by atoms with E-state index < -0.39 is 6.04 Å². The Balaban J connectivity index is 2.01. The smallest absolute Gasteiger partial charge is 0.251 e. The van der Waals surface area contributed by atoms with Crippen molar-refractivity contribution in [1.82, 2.24) is 5.32 Å². The van der Waals surface area contributed by atoms with Crippen molar-refractivity contribution in [2.24, 2.45) is 0 Å². The van der Waals surface area contributed by atoms with E-state index in [2.05, 4.69) is 5.32 Å². The minimum absolute atomic E-state index is 0.0952. The van der Waals surface area contributed by atoms with Gasteiger partial charge in [-0.25, -0.2) is 0 Å². The molecular formula is C16H15NO3. The fourth-order valence-electron chi connectivity index (χ4n) is 1.87. The Bertz CT molecular complexity index is 578. The zero-order valence-corrected chi connectivity index (χ0v) is 10.8. The Morgan fingerprint density at radius 1 is 1.10 bits per heavy atom. The molecule has 2 aromatic rings. The summed E-state index contributed by atoms with van der Waals surface area (Å²) in [7, 11) is 0. The van der Waals surface area contributed by atoms with Crippen molar-refractivity contribution >= 4 is 12.2 Å². The summed E-state index contributed by atoms with van der Waals surface area (Å²) in [4.78, 5) is 23.0. The first-order valence-corrected chi connectivity index (χ1v) is 6.28. The van der Waals surface area contributed by atoms with Crippen LogP contribution in [0.3, 0.4) is 0 Å². The number of amides is 1. The molecule has 2 aromatic carbocycles. The summed E-state index contributed by atoms with van der Waals surface area (Å²) in [5, 5.41) is 11.8. The molecule has 1 atom stereocenters. The largest absolute Gasteiger partial charge is 0.508 e. The van der Waals surface area contributed by atoms with Gasteiger partial charge < -0.3 is 15.2 Å². The number of phenols is 1. The van der Waals surface area contributed by atoms with Crippen LogP contribution in [0.1, 0.15) is 15.9 Å². The molecule has 0 aliphatic carbocycles. The molecule has 0 aromatic heterocycles. The number of nitrogens with one attached hydrogen (secondary N) is 1. The molecule has 0 spiro atoms. The highest BCUT2D eigenvalue weighted by molar-refractivity contribution is 5.95. The molecule has 0 aliphatic heterocycles. The standard InChI is InChI=1S/C16H15NO3/c18-11-14(10-12-4-2-1-3-5-12)17-16(20)13-6-8-15(19)9-7-13/h1-9,11,14,19H,10H2,(H,17,20)/t14-/m0/s1. The summed E-state index contributed by atoms with van der Waals surface area (Å²) in [6.45, 7) is 0. The number of benzene rings is 2. The van der Waals surface area contributed by atoms with Gasteiger partial charge in [0.25, 0.3) is 5.91 Å². The molecule has 0 bridgehead atoms. The Morgan fingerprint density at radius 2 is 1.75 bits per heavy atom. The average Bonchev–Trinajstić information content (AvgIpc) is 2.48. The second-order valence-corrected chi connectivity index (χ2v) is 4.45. The maximum atomic E-state index is 12.0. The first-order valence-electron chi connectivity index (χ1n) is 6.28. The summed E-state index contributed by atoms with van der Waals surface area (Å²) < 4.78 is 0. The normalized spacial score (nSPS) is 11.6. The van der Waals surface area contributed by atoms with Crippen molar-refractivity contribution in [3.8, 4) is 5.75 Å². The van der Waals surface area contributed by atoms with E-state index in [9.17, 15) is 14.7 Å². The number of hydrogen-bond donors (Lipinski definition) is 2. The minimum Gasteiger partial charge on any atom is -0.508 e. The van der Waals surface area contributed by atoms with Gasteiger partial charge in [0.15, 0.2) is 0 Å². The van der Waals surface area contributed by atoms with Crippen LogP contribution in [0.4, 0.5) is 0 Å². The van der Waals surface area contributed by atoms with E-state index in [4.69, 9.17) is 0 Å². The fraction of sp³-hybridized carbons (Fsp3) is 0.125. The highest BCUT2D eigenvalue weighted by Gasteiger charge is 2.13. The maximum absolute atomic E-state index is 12.0. The molecule has 0 heterocycles. The van der Waals surface area contributed by atoms with Crippen LogP contribution in [-0.4, -0.2) is 23.3 Å². The van der Waals surface area contributed by atoms with Crippen molar-refractivity contribution in [2.45, 2.75) is 12.5 Å². The van der Waals surface area contributed by atoms with Gasteiger partial charge in [0.05, 0.1) is 6.04 Å². The molecule has 1 amide bonds. The first kappa shape index (κ1) is 13.8. The summed E-state index contributed by atoms with van der Waals surface area (Å²) in [5.74, 6) is -0.240. The van der Waals surface area contributed by atoms with Crippen molar-refractivity contribution in [2.75, 3.05) is 0 Å². The molecule has 0 saturated carbocycles. The SMILES string of the molecule is O=C[C@H](Cc1ccccc1)NC(=O)c1ccc(O)cc1. The lowest BCUT2D eigenvalue weighted by Gasteiger charge is -2.13. The van der Waals surface area contributed by atoms with Gasteiger partial charge in [-0.05, 0) is 36.2 Å². The van der Waals surface area contributed by atoms with Crippen molar-refractivity contribution < 1.29 is 14.7 Å². The molecule has 2 N–H and O–H groups in total.